The number of hydrogen-bond acceptors (Lipinski definition) is 7. The van der Waals surface area contributed by atoms with Gasteiger partial charge in [-0.25, -0.2) is 0 Å². The van der Waals surface area contributed by atoms with Gasteiger partial charge in [0.05, 0.1) is 11.6 Å². The van der Waals surface area contributed by atoms with Crippen molar-refractivity contribution in [3.05, 3.63) is 52.6 Å². The number of nitrogens with zero attached hydrogens (tertiary/aromatic N) is 2. The first kappa shape index (κ1) is 21.8. The molecule has 0 aromatic heterocycles. The van der Waals surface area contributed by atoms with Gasteiger partial charge in [-0.15, -0.1) is 5.48 Å². The topological polar surface area (TPSA) is 84.4 Å². The Labute approximate surface area is 186 Å². The van der Waals surface area contributed by atoms with Crippen LogP contribution in [0.1, 0.15) is 23.2 Å². The number of amides is 1. The summed E-state index contributed by atoms with van der Waals surface area (Å²) in [4.78, 5) is 19.6. The molecule has 0 radical (unpaired) electrons. The predicted molar refractivity (Wildman–Crippen MR) is 118 cm³/mol. The number of likely N-dealkylation sites (tertiary alicyclic amines) is 1. The van der Waals surface area contributed by atoms with Crippen molar-refractivity contribution in [3.8, 4) is 5.75 Å². The minimum atomic E-state index is -0.180. The van der Waals surface area contributed by atoms with Crippen LogP contribution in [0.2, 0.25) is 5.02 Å². The smallest absolute Gasteiger partial charge is 0.251 e. The second-order valence-electron chi connectivity index (χ2n) is 7.73. The number of rotatable bonds is 8. The largest absolute Gasteiger partial charge is 0.489 e. The molecular weight excluding hydrogens is 420 g/mol. The van der Waals surface area contributed by atoms with Gasteiger partial charge in [-0.2, -0.15) is 0 Å². The fourth-order valence-electron chi connectivity index (χ4n) is 3.85. The number of carbonyl (C=O) groups excluding carboxylic acids is 1. The van der Waals surface area contributed by atoms with Crippen molar-refractivity contribution in [1.82, 2.24) is 15.7 Å². The molecule has 4 rings (SSSR count). The lowest BCUT2D eigenvalue weighted by atomic mass is 9.97. The molecular formula is C22H27ClN4O4. The number of oxime groups is 1. The van der Waals surface area contributed by atoms with E-state index in [0.29, 0.717) is 29.5 Å². The number of hydrogen-bond donors (Lipinski definition) is 2. The first-order chi connectivity index (χ1) is 15.1. The Hall–Kier alpha value is -2.39. The average molecular weight is 447 g/mol. The number of nitrogens with one attached hydrogen (secondary N) is 2. The molecule has 0 bridgehead atoms. The van der Waals surface area contributed by atoms with E-state index < -0.39 is 0 Å². The summed E-state index contributed by atoms with van der Waals surface area (Å²) in [5, 5.41) is 7.34. The number of hydroxylamine groups is 1. The molecule has 2 heterocycles. The van der Waals surface area contributed by atoms with Crippen molar-refractivity contribution >= 4 is 23.2 Å². The van der Waals surface area contributed by atoms with E-state index in [1.807, 2.05) is 12.2 Å². The molecule has 1 aliphatic carbocycles. The molecule has 0 spiro atoms. The van der Waals surface area contributed by atoms with Crippen LogP contribution in [0.3, 0.4) is 0 Å². The number of carbonyl (C=O) groups is 1. The molecule has 1 aromatic rings. The summed E-state index contributed by atoms with van der Waals surface area (Å²) in [6.45, 7) is 3.61. The van der Waals surface area contributed by atoms with E-state index in [-0.39, 0.29) is 18.1 Å². The van der Waals surface area contributed by atoms with Crippen LogP contribution >= 0.6 is 11.6 Å². The minimum Gasteiger partial charge on any atom is -0.489 e. The number of methoxy groups -OCH3 is 1. The first-order valence-corrected chi connectivity index (χ1v) is 10.8. The van der Waals surface area contributed by atoms with Crippen molar-refractivity contribution in [2.75, 3.05) is 39.9 Å². The van der Waals surface area contributed by atoms with Gasteiger partial charge in [-0.3, -0.25) is 14.6 Å². The van der Waals surface area contributed by atoms with Crippen LogP contribution < -0.4 is 15.5 Å². The van der Waals surface area contributed by atoms with Gasteiger partial charge >= 0.3 is 0 Å². The Morgan fingerprint density at radius 3 is 3.00 bits per heavy atom. The molecule has 2 N–H and O–H groups in total. The highest BCUT2D eigenvalue weighted by atomic mass is 35.5. The summed E-state index contributed by atoms with van der Waals surface area (Å²) >= 11 is 6.38. The van der Waals surface area contributed by atoms with E-state index >= 15 is 0 Å². The fourth-order valence-corrected chi connectivity index (χ4v) is 4.07. The maximum atomic E-state index is 12.1. The van der Waals surface area contributed by atoms with E-state index in [1.165, 1.54) is 5.57 Å². The van der Waals surface area contributed by atoms with Gasteiger partial charge in [-0.1, -0.05) is 35.0 Å². The third-order valence-electron chi connectivity index (χ3n) is 5.56. The van der Waals surface area contributed by atoms with Crippen LogP contribution in [0, 0.1) is 0 Å². The van der Waals surface area contributed by atoms with E-state index in [2.05, 4.69) is 26.9 Å². The molecule has 3 aliphatic rings. The second kappa shape index (κ2) is 10.3. The van der Waals surface area contributed by atoms with Gasteiger partial charge in [0, 0.05) is 38.9 Å². The number of benzene rings is 1. The maximum Gasteiger partial charge on any atom is 0.251 e. The molecule has 1 atom stereocenters. The van der Waals surface area contributed by atoms with Crippen LogP contribution in [0.15, 0.2) is 47.2 Å². The molecule has 31 heavy (non-hydrogen) atoms. The van der Waals surface area contributed by atoms with Gasteiger partial charge in [0.1, 0.15) is 23.6 Å². The Morgan fingerprint density at radius 2 is 2.23 bits per heavy atom. The zero-order chi connectivity index (χ0) is 21.6. The van der Waals surface area contributed by atoms with Gasteiger partial charge in [-0.05, 0) is 36.6 Å². The summed E-state index contributed by atoms with van der Waals surface area (Å²) in [7, 11) is 1.59. The van der Waals surface area contributed by atoms with Crippen molar-refractivity contribution < 1.29 is 19.2 Å². The molecule has 1 saturated heterocycles. The molecule has 0 saturated carbocycles. The fraction of sp³-hybridized carbons (Fsp3) is 0.455. The minimum absolute atomic E-state index is 0.0491. The Bertz CT molecular complexity index is 893. The molecule has 8 nitrogen and oxygen atoms in total. The zero-order valence-corrected chi connectivity index (χ0v) is 18.2. The molecule has 2 aliphatic heterocycles. The maximum absolute atomic E-state index is 12.1. The monoisotopic (exact) mass is 446 g/mol. The van der Waals surface area contributed by atoms with Crippen molar-refractivity contribution in [2.24, 2.45) is 5.16 Å². The standard InChI is InChI=1S/C22H27ClN4O4/c1-29-12-9-24-22(28)15-5-6-20(18(23)13-15)30-17-7-10-27(11-8-17)14-16-3-2-4-19-21(16)26-31-25-19/h2-6,13,17,19,25H,7-12,14H2,1H3,(H,24,28). The highest BCUT2D eigenvalue weighted by Gasteiger charge is 2.28. The van der Waals surface area contributed by atoms with Gasteiger partial charge in [0.2, 0.25) is 0 Å². The Morgan fingerprint density at radius 1 is 1.39 bits per heavy atom. The number of piperidine rings is 1. The lowest BCUT2D eigenvalue weighted by Crippen LogP contribution is -2.41. The number of halogens is 1. The van der Waals surface area contributed by atoms with Crippen LogP contribution in [-0.2, 0) is 9.68 Å². The Balaban J connectivity index is 1.26. The summed E-state index contributed by atoms with van der Waals surface area (Å²) in [6.07, 6.45) is 8.08. The van der Waals surface area contributed by atoms with Crippen LogP contribution in [-0.4, -0.2) is 68.6 Å². The van der Waals surface area contributed by atoms with Gasteiger partial charge in [0.25, 0.3) is 5.91 Å². The second-order valence-corrected chi connectivity index (χ2v) is 8.13. The van der Waals surface area contributed by atoms with Crippen LogP contribution in [0.5, 0.6) is 5.75 Å². The highest BCUT2D eigenvalue weighted by molar-refractivity contribution is 6.32. The van der Waals surface area contributed by atoms with Gasteiger partial charge < -0.3 is 14.8 Å². The normalized spacial score (nSPS) is 21.2. The van der Waals surface area contributed by atoms with E-state index in [0.717, 1.165) is 38.2 Å². The van der Waals surface area contributed by atoms with Gasteiger partial charge in [0.15, 0.2) is 0 Å². The van der Waals surface area contributed by atoms with Crippen molar-refractivity contribution in [1.29, 1.82) is 0 Å². The lowest BCUT2D eigenvalue weighted by molar-refractivity contribution is 0.0671. The summed E-state index contributed by atoms with van der Waals surface area (Å²) in [5.74, 6) is 0.431. The third-order valence-corrected chi connectivity index (χ3v) is 5.85. The Kier molecular flexibility index (Phi) is 7.24. The SMILES string of the molecule is COCCNC(=O)c1ccc(OC2CCN(CC3=CC=CC4NON=C34)CC2)c(Cl)c1. The number of fused-ring (bicyclic) bond motifs is 1. The van der Waals surface area contributed by atoms with E-state index in [4.69, 9.17) is 26.0 Å². The van der Waals surface area contributed by atoms with Crippen molar-refractivity contribution in [3.63, 3.8) is 0 Å². The molecule has 1 aromatic carbocycles. The number of ether oxygens (including phenoxy) is 2. The number of allylic oxidation sites excluding steroid dienone is 2. The molecule has 1 amide bonds. The zero-order valence-electron chi connectivity index (χ0n) is 17.5. The van der Waals surface area contributed by atoms with Crippen LogP contribution in [0.25, 0.3) is 0 Å². The molecule has 1 fully saturated rings. The third kappa shape index (κ3) is 5.46. The summed E-state index contributed by atoms with van der Waals surface area (Å²) < 4.78 is 11.1. The molecule has 9 heteroatoms. The predicted octanol–water partition coefficient (Wildman–Crippen LogP) is 2.32. The summed E-state index contributed by atoms with van der Waals surface area (Å²) in [5.41, 5.74) is 5.52. The first-order valence-electron chi connectivity index (χ1n) is 10.5. The molecule has 1 unspecified atom stereocenters. The molecule has 166 valence electrons. The van der Waals surface area contributed by atoms with E-state index in [1.54, 1.807) is 25.3 Å². The average Bonchev–Trinajstić information content (AvgIpc) is 3.26. The quantitative estimate of drug-likeness (QED) is 0.596. The highest BCUT2D eigenvalue weighted by Crippen LogP contribution is 2.29. The van der Waals surface area contributed by atoms with E-state index in [9.17, 15) is 4.79 Å². The van der Waals surface area contributed by atoms with Crippen LogP contribution in [0.4, 0.5) is 0 Å². The summed E-state index contributed by atoms with van der Waals surface area (Å²) in [6, 6.07) is 5.19. The van der Waals surface area contributed by atoms with Crippen molar-refractivity contribution in [2.45, 2.75) is 25.0 Å². The lowest BCUT2D eigenvalue weighted by Gasteiger charge is -2.33.